The van der Waals surface area contributed by atoms with E-state index in [2.05, 4.69) is 5.32 Å². The number of aliphatic carboxylic acids is 1. The van der Waals surface area contributed by atoms with Gasteiger partial charge in [-0.2, -0.15) is 0 Å². The summed E-state index contributed by atoms with van der Waals surface area (Å²) in [4.78, 5) is 23.9. The number of fused-ring (bicyclic) bond motifs is 2. The lowest BCUT2D eigenvalue weighted by Crippen LogP contribution is -2.47. The van der Waals surface area contributed by atoms with Crippen LogP contribution in [0.3, 0.4) is 0 Å². The highest BCUT2D eigenvalue weighted by Crippen LogP contribution is 2.52. The second kappa shape index (κ2) is 5.35. The van der Waals surface area contributed by atoms with Gasteiger partial charge in [-0.15, -0.1) is 0 Å². The number of carbonyl (C=O) groups excluding carboxylic acids is 1. The number of carboxylic acids is 1. The number of hydrogen-bond acceptors (Lipinski definition) is 3. The van der Waals surface area contributed by atoms with E-state index in [4.69, 9.17) is 4.74 Å². The molecule has 5 nitrogen and oxygen atoms in total. The minimum atomic E-state index is -0.804. The zero-order valence-corrected chi connectivity index (χ0v) is 11.9. The highest BCUT2D eigenvalue weighted by molar-refractivity contribution is 5.86. The number of amides is 1. The van der Waals surface area contributed by atoms with E-state index in [0.29, 0.717) is 0 Å². The van der Waals surface area contributed by atoms with Crippen molar-refractivity contribution >= 4 is 11.9 Å². The van der Waals surface area contributed by atoms with Gasteiger partial charge in [0.1, 0.15) is 0 Å². The molecular weight excluding hydrogens is 258 g/mol. The average molecular weight is 281 g/mol. The van der Waals surface area contributed by atoms with Gasteiger partial charge in [-0.05, 0) is 50.9 Å². The van der Waals surface area contributed by atoms with E-state index >= 15 is 0 Å². The monoisotopic (exact) mass is 281 g/mol. The van der Waals surface area contributed by atoms with Crippen LogP contribution in [0, 0.1) is 23.7 Å². The van der Waals surface area contributed by atoms with Crippen LogP contribution in [0.4, 0.5) is 0 Å². The van der Waals surface area contributed by atoms with Crippen LogP contribution in [0.25, 0.3) is 0 Å². The van der Waals surface area contributed by atoms with E-state index in [0.717, 1.165) is 38.7 Å². The minimum Gasteiger partial charge on any atom is -0.481 e. The lowest BCUT2D eigenvalue weighted by atomic mass is 9.78. The molecule has 5 heteroatoms. The van der Waals surface area contributed by atoms with Crippen LogP contribution in [0.2, 0.25) is 0 Å². The van der Waals surface area contributed by atoms with E-state index in [1.807, 2.05) is 6.92 Å². The number of carbonyl (C=O) groups is 2. The number of rotatable bonds is 4. The first-order valence-corrected chi connectivity index (χ1v) is 7.72. The van der Waals surface area contributed by atoms with Crippen LogP contribution in [0.5, 0.6) is 0 Å². The molecule has 3 rings (SSSR count). The maximum atomic E-state index is 12.5. The number of nitrogens with one attached hydrogen (secondary N) is 1. The van der Waals surface area contributed by atoms with Crippen molar-refractivity contribution in [1.29, 1.82) is 0 Å². The van der Waals surface area contributed by atoms with E-state index in [-0.39, 0.29) is 35.8 Å². The largest absolute Gasteiger partial charge is 0.481 e. The molecule has 1 saturated heterocycles. The summed E-state index contributed by atoms with van der Waals surface area (Å²) in [5.74, 6) is -1.24. The third kappa shape index (κ3) is 2.32. The van der Waals surface area contributed by atoms with Gasteiger partial charge >= 0.3 is 5.97 Å². The summed E-state index contributed by atoms with van der Waals surface area (Å²) < 4.78 is 5.58. The molecule has 1 heterocycles. The third-order valence-electron chi connectivity index (χ3n) is 5.40. The predicted molar refractivity (Wildman–Crippen MR) is 72.0 cm³/mol. The number of hydrogen-bond donors (Lipinski definition) is 2. The van der Waals surface area contributed by atoms with Gasteiger partial charge in [0.25, 0.3) is 0 Å². The maximum Gasteiger partial charge on any atom is 0.307 e. The van der Waals surface area contributed by atoms with Crippen molar-refractivity contribution in [2.24, 2.45) is 23.7 Å². The van der Waals surface area contributed by atoms with Gasteiger partial charge in [0, 0.05) is 6.61 Å². The molecule has 1 amide bonds. The third-order valence-corrected chi connectivity index (χ3v) is 5.40. The van der Waals surface area contributed by atoms with E-state index in [1.54, 1.807) is 0 Å². The average Bonchev–Trinajstić information content (AvgIpc) is 3.13. The molecule has 2 saturated carbocycles. The summed E-state index contributed by atoms with van der Waals surface area (Å²) in [6.45, 7) is 2.72. The highest BCUT2D eigenvalue weighted by atomic mass is 16.5. The van der Waals surface area contributed by atoms with Crippen molar-refractivity contribution in [3.63, 3.8) is 0 Å². The van der Waals surface area contributed by atoms with Crippen molar-refractivity contribution < 1.29 is 19.4 Å². The second-order valence-corrected chi connectivity index (χ2v) is 6.57. The highest BCUT2D eigenvalue weighted by Gasteiger charge is 2.54. The molecule has 3 aliphatic rings. The number of carboxylic acid groups (broad SMARTS) is 1. The first-order valence-electron chi connectivity index (χ1n) is 7.72. The molecule has 112 valence electrons. The Balaban J connectivity index is 1.65. The van der Waals surface area contributed by atoms with Gasteiger partial charge in [0.05, 0.1) is 24.0 Å². The zero-order chi connectivity index (χ0) is 14.3. The Morgan fingerprint density at radius 1 is 1.20 bits per heavy atom. The van der Waals surface area contributed by atoms with Crippen LogP contribution in [-0.2, 0) is 14.3 Å². The van der Waals surface area contributed by atoms with E-state index in [1.165, 1.54) is 0 Å². The number of ether oxygens (including phenoxy) is 1. The zero-order valence-electron chi connectivity index (χ0n) is 11.9. The topological polar surface area (TPSA) is 75.6 Å². The fourth-order valence-corrected chi connectivity index (χ4v) is 4.43. The Kier molecular flexibility index (Phi) is 3.71. The molecule has 6 unspecified atom stereocenters. The summed E-state index contributed by atoms with van der Waals surface area (Å²) in [7, 11) is 0. The Bertz CT molecular complexity index is 405. The van der Waals surface area contributed by atoms with Crippen LogP contribution >= 0.6 is 0 Å². The Labute approximate surface area is 119 Å². The Morgan fingerprint density at radius 2 is 1.90 bits per heavy atom. The molecule has 6 atom stereocenters. The molecule has 2 aliphatic carbocycles. The lowest BCUT2D eigenvalue weighted by molar-refractivity contribution is -0.149. The first kappa shape index (κ1) is 13.9. The minimum absolute atomic E-state index is 0.0291. The summed E-state index contributed by atoms with van der Waals surface area (Å²) in [5.41, 5.74) is 0. The van der Waals surface area contributed by atoms with Crippen LogP contribution in [0.1, 0.15) is 39.0 Å². The molecule has 20 heavy (non-hydrogen) atoms. The molecule has 0 aromatic heterocycles. The van der Waals surface area contributed by atoms with E-state index in [9.17, 15) is 14.7 Å². The first-order chi connectivity index (χ1) is 9.58. The fourth-order valence-electron chi connectivity index (χ4n) is 4.43. The lowest BCUT2D eigenvalue weighted by Gasteiger charge is -2.29. The predicted octanol–water partition coefficient (Wildman–Crippen LogP) is 1.42. The second-order valence-electron chi connectivity index (χ2n) is 6.57. The Hall–Kier alpha value is -1.10. The summed E-state index contributed by atoms with van der Waals surface area (Å²) in [6, 6.07) is -0.0291. The molecule has 1 aliphatic heterocycles. The summed E-state index contributed by atoms with van der Waals surface area (Å²) in [6.07, 6.45) is 4.97. The van der Waals surface area contributed by atoms with Crippen LogP contribution in [0.15, 0.2) is 0 Å². The molecule has 0 spiro atoms. The van der Waals surface area contributed by atoms with Crippen molar-refractivity contribution in [1.82, 2.24) is 5.32 Å². The van der Waals surface area contributed by atoms with Gasteiger partial charge in [-0.25, -0.2) is 0 Å². The smallest absolute Gasteiger partial charge is 0.307 e. The van der Waals surface area contributed by atoms with Crippen molar-refractivity contribution in [3.05, 3.63) is 0 Å². The maximum absolute atomic E-state index is 12.5. The van der Waals surface area contributed by atoms with Crippen molar-refractivity contribution in [2.45, 2.75) is 51.2 Å². The normalized spacial score (nSPS) is 40.8. The van der Waals surface area contributed by atoms with E-state index < -0.39 is 11.9 Å². The molecule has 0 aromatic rings. The van der Waals surface area contributed by atoms with Gasteiger partial charge < -0.3 is 15.2 Å². The van der Waals surface area contributed by atoms with Crippen molar-refractivity contribution in [3.8, 4) is 0 Å². The van der Waals surface area contributed by atoms with Gasteiger partial charge in [-0.3, -0.25) is 9.59 Å². The van der Waals surface area contributed by atoms with Crippen LogP contribution < -0.4 is 5.32 Å². The van der Waals surface area contributed by atoms with Gasteiger partial charge in [-0.1, -0.05) is 0 Å². The molecule has 3 fully saturated rings. The molecule has 0 radical (unpaired) electrons. The standard InChI is InChI=1S/C15H23NO4/c1-8(11-3-2-6-20-11)16-14(17)12-9-4-5-10(7-9)13(12)15(18)19/h8-13H,2-7H2,1H3,(H,16,17)(H,18,19). The molecule has 2 N–H and O–H groups in total. The molecule has 0 aromatic carbocycles. The van der Waals surface area contributed by atoms with Crippen LogP contribution in [-0.4, -0.2) is 35.7 Å². The summed E-state index contributed by atoms with van der Waals surface area (Å²) in [5, 5.41) is 12.4. The summed E-state index contributed by atoms with van der Waals surface area (Å²) >= 11 is 0. The Morgan fingerprint density at radius 3 is 2.50 bits per heavy atom. The fraction of sp³-hybridized carbons (Fsp3) is 0.867. The quantitative estimate of drug-likeness (QED) is 0.817. The molecular formula is C15H23NO4. The molecule has 2 bridgehead atoms. The van der Waals surface area contributed by atoms with Gasteiger partial charge in [0.15, 0.2) is 0 Å². The SMILES string of the molecule is CC(NC(=O)C1C2CCC(C2)C1C(=O)O)C1CCCO1. The van der Waals surface area contributed by atoms with Crippen molar-refractivity contribution in [2.75, 3.05) is 6.61 Å². The van der Waals surface area contributed by atoms with Gasteiger partial charge in [0.2, 0.25) is 5.91 Å².